The summed E-state index contributed by atoms with van der Waals surface area (Å²) < 4.78 is 13.7. The summed E-state index contributed by atoms with van der Waals surface area (Å²) in [6, 6.07) is 66.5. The van der Waals surface area contributed by atoms with Crippen molar-refractivity contribution in [2.24, 2.45) is 0 Å². The molecule has 0 unspecified atom stereocenters. The average molecular weight is 736 g/mol. The van der Waals surface area contributed by atoms with E-state index in [1.807, 2.05) is 0 Å². The van der Waals surface area contributed by atoms with Crippen molar-refractivity contribution in [3.8, 4) is 0 Å². The zero-order valence-electron chi connectivity index (χ0n) is 31.6. The van der Waals surface area contributed by atoms with Crippen molar-refractivity contribution in [3.05, 3.63) is 188 Å². The van der Waals surface area contributed by atoms with Crippen molar-refractivity contribution in [3.63, 3.8) is 0 Å². The minimum absolute atomic E-state index is 0.820. The van der Waals surface area contributed by atoms with Gasteiger partial charge in [0.1, 0.15) is 16.7 Å². The van der Waals surface area contributed by atoms with Crippen LogP contribution in [-0.2, 0) is 0 Å². The van der Waals surface area contributed by atoms with Crippen molar-refractivity contribution in [1.29, 1.82) is 0 Å². The molecule has 272 valence electrons. The van der Waals surface area contributed by atoms with Gasteiger partial charge in [0.25, 0.3) is 0 Å². The van der Waals surface area contributed by atoms with E-state index >= 15 is 0 Å². The van der Waals surface area contributed by atoms with Crippen LogP contribution in [0.5, 0.6) is 0 Å². The van der Waals surface area contributed by atoms with Crippen LogP contribution in [0.3, 0.4) is 0 Å². The SMILES string of the molecule is CN(C)c1cc2c3cc4ccc(N(c5ccccc5)c5ccccc5)cc4cc3oc2c2c1oc1cc3cc(N(c4ccccc4)c4ccccc4)ccc3cc12. The first-order valence-electron chi connectivity index (χ1n) is 19.3. The van der Waals surface area contributed by atoms with E-state index in [0.29, 0.717) is 0 Å². The standard InChI is InChI=1S/C52H37N3O2/c1-53(2)47-33-45-44-29-34-23-25-42(54(38-15-7-3-8-16-38)39-17-9-4-10-18-39)27-36(34)31-48(44)56-51(45)50-46-30-35-24-26-43(28-37(35)32-49(46)57-52(47)50)55(40-19-11-5-12-20-40)41-21-13-6-14-22-41/h3-33H,1-2H3. The first-order chi connectivity index (χ1) is 28.1. The second-order valence-corrected chi connectivity index (χ2v) is 14.8. The monoisotopic (exact) mass is 735 g/mol. The summed E-state index contributed by atoms with van der Waals surface area (Å²) in [6.45, 7) is 0. The lowest BCUT2D eigenvalue weighted by atomic mass is 10.0. The molecule has 5 heteroatoms. The number of anilines is 7. The molecule has 0 aliphatic carbocycles. The Morgan fingerprint density at radius 2 is 0.754 bits per heavy atom. The van der Waals surface area contributed by atoms with E-state index in [0.717, 1.165) is 105 Å². The van der Waals surface area contributed by atoms with Gasteiger partial charge in [0.05, 0.1) is 11.1 Å². The number of para-hydroxylation sites is 4. The minimum atomic E-state index is 0.820. The van der Waals surface area contributed by atoms with Gasteiger partial charge >= 0.3 is 0 Å². The van der Waals surface area contributed by atoms with Gasteiger partial charge in [-0.3, -0.25) is 0 Å². The Morgan fingerprint density at radius 3 is 1.21 bits per heavy atom. The van der Waals surface area contributed by atoms with Gasteiger partial charge in [0.2, 0.25) is 0 Å². The third kappa shape index (κ3) is 5.47. The largest absolute Gasteiger partial charge is 0.455 e. The Bertz CT molecular complexity index is 3180. The molecule has 0 radical (unpaired) electrons. The average Bonchev–Trinajstić information content (AvgIpc) is 3.80. The van der Waals surface area contributed by atoms with E-state index in [1.54, 1.807) is 0 Å². The smallest absolute Gasteiger partial charge is 0.162 e. The van der Waals surface area contributed by atoms with Crippen LogP contribution in [0.25, 0.3) is 65.4 Å². The third-order valence-corrected chi connectivity index (χ3v) is 11.1. The lowest BCUT2D eigenvalue weighted by molar-refractivity contribution is 0.662. The van der Waals surface area contributed by atoms with Crippen LogP contribution in [0.15, 0.2) is 197 Å². The topological polar surface area (TPSA) is 36.0 Å². The van der Waals surface area contributed by atoms with Crippen molar-refractivity contribution in [2.45, 2.75) is 0 Å². The van der Waals surface area contributed by atoms with Gasteiger partial charge in [-0.15, -0.1) is 0 Å². The van der Waals surface area contributed by atoms with Crippen molar-refractivity contribution in [2.75, 3.05) is 28.8 Å². The predicted molar refractivity (Wildman–Crippen MR) is 240 cm³/mol. The van der Waals surface area contributed by atoms with Crippen LogP contribution in [0, 0.1) is 0 Å². The molecule has 5 nitrogen and oxygen atoms in total. The molecular weight excluding hydrogens is 699 g/mol. The second kappa shape index (κ2) is 13.1. The number of fused-ring (bicyclic) bond motifs is 9. The van der Waals surface area contributed by atoms with E-state index < -0.39 is 0 Å². The highest BCUT2D eigenvalue weighted by Crippen LogP contribution is 2.46. The lowest BCUT2D eigenvalue weighted by Gasteiger charge is -2.25. The molecular formula is C52H37N3O2. The van der Waals surface area contributed by atoms with E-state index in [9.17, 15) is 0 Å². The molecule has 0 saturated carbocycles. The molecule has 0 amide bonds. The molecule has 0 N–H and O–H groups in total. The highest BCUT2D eigenvalue weighted by Gasteiger charge is 2.23. The summed E-state index contributed by atoms with van der Waals surface area (Å²) in [5.74, 6) is 0. The van der Waals surface area contributed by atoms with E-state index in [2.05, 4.69) is 217 Å². The van der Waals surface area contributed by atoms with Gasteiger partial charge < -0.3 is 23.5 Å². The molecule has 9 aromatic carbocycles. The van der Waals surface area contributed by atoms with Crippen LogP contribution in [-0.4, -0.2) is 14.1 Å². The molecule has 0 saturated heterocycles. The van der Waals surface area contributed by atoms with Crippen molar-refractivity contribution in [1.82, 2.24) is 0 Å². The summed E-state index contributed by atoms with van der Waals surface area (Å²) in [5, 5.41) is 8.68. The number of nitrogens with zero attached hydrogens (tertiary/aromatic N) is 3. The molecule has 0 spiro atoms. The predicted octanol–water partition coefficient (Wildman–Crippen LogP) is 14.8. The van der Waals surface area contributed by atoms with Crippen molar-refractivity contribution < 1.29 is 8.83 Å². The molecule has 0 fully saturated rings. The number of hydrogen-bond acceptors (Lipinski definition) is 5. The third-order valence-electron chi connectivity index (χ3n) is 11.1. The fraction of sp³-hybridized carbons (Fsp3) is 0.0385. The molecule has 0 aliphatic rings. The van der Waals surface area contributed by atoms with Crippen LogP contribution >= 0.6 is 0 Å². The lowest BCUT2D eigenvalue weighted by Crippen LogP contribution is -2.09. The van der Waals surface area contributed by atoms with E-state index in [1.165, 1.54) is 0 Å². The van der Waals surface area contributed by atoms with Crippen molar-refractivity contribution >= 4 is 105 Å². The number of benzene rings is 9. The van der Waals surface area contributed by atoms with Gasteiger partial charge in [0.15, 0.2) is 5.58 Å². The maximum Gasteiger partial charge on any atom is 0.162 e. The Balaban J connectivity index is 1.09. The molecule has 0 aliphatic heterocycles. The molecule has 11 rings (SSSR count). The first-order valence-corrected chi connectivity index (χ1v) is 19.3. The highest BCUT2D eigenvalue weighted by molar-refractivity contribution is 6.27. The van der Waals surface area contributed by atoms with Gasteiger partial charge in [-0.25, -0.2) is 0 Å². The van der Waals surface area contributed by atoms with E-state index in [-0.39, 0.29) is 0 Å². The zero-order chi connectivity index (χ0) is 38.0. The summed E-state index contributed by atoms with van der Waals surface area (Å²) in [7, 11) is 4.14. The van der Waals surface area contributed by atoms with Crippen LogP contribution in [0.2, 0.25) is 0 Å². The fourth-order valence-electron chi connectivity index (χ4n) is 8.42. The maximum absolute atomic E-state index is 6.91. The quantitative estimate of drug-likeness (QED) is 0.163. The van der Waals surface area contributed by atoms with Gasteiger partial charge in [-0.2, -0.15) is 0 Å². The zero-order valence-corrected chi connectivity index (χ0v) is 31.6. The maximum atomic E-state index is 6.91. The van der Waals surface area contributed by atoms with Crippen LogP contribution < -0.4 is 14.7 Å². The highest BCUT2D eigenvalue weighted by atomic mass is 16.3. The number of rotatable bonds is 7. The molecule has 0 bridgehead atoms. The molecule has 11 aromatic rings. The second-order valence-electron chi connectivity index (χ2n) is 14.8. The summed E-state index contributed by atoms with van der Waals surface area (Å²) in [6.07, 6.45) is 0. The van der Waals surface area contributed by atoms with Gasteiger partial charge in [0, 0.05) is 64.4 Å². The van der Waals surface area contributed by atoms with Gasteiger partial charge in [-0.05, 0) is 125 Å². The summed E-state index contributed by atoms with van der Waals surface area (Å²) >= 11 is 0. The van der Waals surface area contributed by atoms with Crippen LogP contribution in [0.4, 0.5) is 39.8 Å². The molecule has 57 heavy (non-hydrogen) atoms. The fourth-order valence-corrected chi connectivity index (χ4v) is 8.42. The summed E-state index contributed by atoms with van der Waals surface area (Å²) in [5.41, 5.74) is 10.9. The molecule has 0 atom stereocenters. The van der Waals surface area contributed by atoms with Gasteiger partial charge in [-0.1, -0.05) is 84.9 Å². The van der Waals surface area contributed by atoms with Crippen LogP contribution in [0.1, 0.15) is 0 Å². The number of furan rings is 2. The summed E-state index contributed by atoms with van der Waals surface area (Å²) in [4.78, 5) is 6.71. The number of hydrogen-bond donors (Lipinski definition) is 0. The Kier molecular flexibility index (Phi) is 7.54. The molecule has 2 heterocycles. The van der Waals surface area contributed by atoms with E-state index in [4.69, 9.17) is 8.83 Å². The normalized spacial score (nSPS) is 11.7. The Morgan fingerprint density at radius 1 is 0.333 bits per heavy atom. The Hall–Kier alpha value is -7.50. The minimum Gasteiger partial charge on any atom is -0.455 e. The first kappa shape index (κ1) is 32.9. The Labute approximate surface area is 329 Å². The molecule has 2 aromatic heterocycles.